The normalized spacial score (nSPS) is 38.8. The highest BCUT2D eigenvalue weighted by Crippen LogP contribution is 2.57. The summed E-state index contributed by atoms with van der Waals surface area (Å²) in [5.74, 6) is 1.93. The lowest BCUT2D eigenvalue weighted by atomic mass is 9.75. The molecule has 22 heavy (non-hydrogen) atoms. The standard InChI is InChI=1S/C19H24N2O/c1-3-20-10-16-15-8-9-17-19(16)21(17)18(15)12(2)14-6-4-13(11-22)5-7-14/h4-9,11-12,15-20H,3,10H2,1-2H3/t12-,15-,16-,17+,18+,19+,21?/m1/s1. The van der Waals surface area contributed by atoms with Crippen molar-refractivity contribution in [1.29, 1.82) is 0 Å². The molecular formula is C19H24N2O. The van der Waals surface area contributed by atoms with Crippen molar-refractivity contribution in [2.45, 2.75) is 37.9 Å². The molecule has 2 saturated heterocycles. The van der Waals surface area contributed by atoms with E-state index < -0.39 is 0 Å². The highest BCUT2D eigenvalue weighted by atomic mass is 16.1. The van der Waals surface area contributed by atoms with Crippen molar-refractivity contribution >= 4 is 6.29 Å². The van der Waals surface area contributed by atoms with Crippen LogP contribution in [-0.2, 0) is 0 Å². The van der Waals surface area contributed by atoms with Gasteiger partial charge in [0, 0.05) is 30.2 Å². The largest absolute Gasteiger partial charge is 0.317 e. The minimum atomic E-state index is 0.509. The third kappa shape index (κ3) is 1.99. The Bertz CT molecular complexity index is 594. The Labute approximate surface area is 132 Å². The molecule has 5 rings (SSSR count). The Morgan fingerprint density at radius 2 is 2.05 bits per heavy atom. The summed E-state index contributed by atoms with van der Waals surface area (Å²) in [6.45, 7) is 6.71. The predicted octanol–water partition coefficient (Wildman–Crippen LogP) is 2.45. The van der Waals surface area contributed by atoms with Gasteiger partial charge in [-0.05, 0) is 29.9 Å². The lowest BCUT2D eigenvalue weighted by molar-refractivity contribution is 0.112. The number of carbonyl (C=O) groups is 1. The Hall–Kier alpha value is -1.45. The van der Waals surface area contributed by atoms with E-state index in [9.17, 15) is 4.79 Å². The van der Waals surface area contributed by atoms with Crippen LogP contribution in [0.3, 0.4) is 0 Å². The summed E-state index contributed by atoms with van der Waals surface area (Å²) in [6, 6.07) is 10.2. The van der Waals surface area contributed by atoms with Crippen molar-refractivity contribution in [3.8, 4) is 0 Å². The second-order valence-corrected chi connectivity index (χ2v) is 6.93. The second-order valence-electron chi connectivity index (χ2n) is 6.93. The molecule has 1 N–H and O–H groups in total. The van der Waals surface area contributed by atoms with Gasteiger partial charge in [-0.25, -0.2) is 0 Å². The summed E-state index contributed by atoms with van der Waals surface area (Å²) in [5.41, 5.74) is 2.11. The average molecular weight is 296 g/mol. The molecule has 0 radical (unpaired) electrons. The van der Waals surface area contributed by atoms with Gasteiger partial charge in [0.25, 0.3) is 0 Å². The first-order valence-corrected chi connectivity index (χ1v) is 8.48. The van der Waals surface area contributed by atoms with Gasteiger partial charge in [0.05, 0.1) is 0 Å². The van der Waals surface area contributed by atoms with E-state index in [-0.39, 0.29) is 0 Å². The molecule has 3 heteroatoms. The van der Waals surface area contributed by atoms with E-state index in [1.807, 2.05) is 12.1 Å². The number of hydrogen-bond donors (Lipinski definition) is 1. The number of nitrogens with zero attached hydrogens (tertiary/aromatic N) is 1. The van der Waals surface area contributed by atoms with E-state index in [0.29, 0.717) is 23.9 Å². The molecule has 1 aromatic carbocycles. The van der Waals surface area contributed by atoms with E-state index in [4.69, 9.17) is 0 Å². The molecule has 0 aromatic heterocycles. The van der Waals surface area contributed by atoms with Gasteiger partial charge in [-0.1, -0.05) is 50.3 Å². The zero-order chi connectivity index (χ0) is 15.3. The predicted molar refractivity (Wildman–Crippen MR) is 88.1 cm³/mol. The monoisotopic (exact) mass is 296 g/mol. The number of aldehydes is 1. The fourth-order valence-corrected chi connectivity index (χ4v) is 4.79. The molecule has 3 nitrogen and oxygen atoms in total. The van der Waals surface area contributed by atoms with Gasteiger partial charge in [-0.2, -0.15) is 0 Å². The molecule has 3 heterocycles. The van der Waals surface area contributed by atoms with Crippen LogP contribution in [0.1, 0.15) is 35.7 Å². The highest BCUT2D eigenvalue weighted by molar-refractivity contribution is 5.74. The summed E-state index contributed by atoms with van der Waals surface area (Å²) >= 11 is 0. The molecule has 0 amide bonds. The average Bonchev–Trinajstić information content (AvgIpc) is 3.23. The Balaban J connectivity index is 1.55. The molecule has 3 aliphatic heterocycles. The molecule has 0 spiro atoms. The van der Waals surface area contributed by atoms with E-state index in [2.05, 4.69) is 48.3 Å². The van der Waals surface area contributed by atoms with Crippen LogP contribution < -0.4 is 5.32 Å². The van der Waals surface area contributed by atoms with Crippen LogP contribution in [0.4, 0.5) is 0 Å². The molecule has 2 fully saturated rings. The third-order valence-corrected chi connectivity index (χ3v) is 5.89. The van der Waals surface area contributed by atoms with Crippen molar-refractivity contribution < 1.29 is 4.79 Å². The Kier molecular flexibility index (Phi) is 3.43. The first-order chi connectivity index (χ1) is 10.8. The van der Waals surface area contributed by atoms with E-state index in [1.54, 1.807) is 0 Å². The quantitative estimate of drug-likeness (QED) is 0.497. The third-order valence-electron chi connectivity index (χ3n) is 5.89. The summed E-state index contributed by atoms with van der Waals surface area (Å²) in [7, 11) is 0. The highest BCUT2D eigenvalue weighted by Gasteiger charge is 2.66. The maximum Gasteiger partial charge on any atom is 0.150 e. The van der Waals surface area contributed by atoms with Crippen LogP contribution in [0.5, 0.6) is 0 Å². The summed E-state index contributed by atoms with van der Waals surface area (Å²) in [4.78, 5) is 13.5. The lowest BCUT2D eigenvalue weighted by Crippen LogP contribution is -2.39. The van der Waals surface area contributed by atoms with Gasteiger partial charge in [0.15, 0.2) is 0 Å². The van der Waals surface area contributed by atoms with Crippen LogP contribution in [0.15, 0.2) is 36.4 Å². The molecule has 4 aliphatic rings. The van der Waals surface area contributed by atoms with Crippen molar-refractivity contribution in [1.82, 2.24) is 10.2 Å². The molecular weight excluding hydrogens is 272 g/mol. The van der Waals surface area contributed by atoms with Crippen LogP contribution in [0, 0.1) is 11.8 Å². The number of hydrogen-bond acceptors (Lipinski definition) is 3. The molecule has 116 valence electrons. The van der Waals surface area contributed by atoms with Crippen LogP contribution >= 0.6 is 0 Å². The van der Waals surface area contributed by atoms with Crippen molar-refractivity contribution in [2.75, 3.05) is 13.1 Å². The van der Waals surface area contributed by atoms with Crippen molar-refractivity contribution in [2.24, 2.45) is 11.8 Å². The van der Waals surface area contributed by atoms with Crippen LogP contribution in [0.2, 0.25) is 0 Å². The Morgan fingerprint density at radius 1 is 1.27 bits per heavy atom. The number of rotatable bonds is 6. The van der Waals surface area contributed by atoms with Crippen molar-refractivity contribution in [3.05, 3.63) is 47.5 Å². The summed E-state index contributed by atoms with van der Waals surface area (Å²) in [5, 5.41) is 3.55. The number of benzene rings is 1. The topological polar surface area (TPSA) is 32.1 Å². The van der Waals surface area contributed by atoms with Gasteiger partial charge in [0.1, 0.15) is 6.29 Å². The Morgan fingerprint density at radius 3 is 2.73 bits per heavy atom. The van der Waals surface area contributed by atoms with E-state index in [1.165, 1.54) is 5.56 Å². The first kappa shape index (κ1) is 14.2. The van der Waals surface area contributed by atoms with Gasteiger partial charge in [0.2, 0.25) is 0 Å². The number of nitrogens with one attached hydrogen (secondary N) is 1. The fraction of sp³-hybridized carbons (Fsp3) is 0.526. The van der Waals surface area contributed by atoms with E-state index >= 15 is 0 Å². The van der Waals surface area contributed by atoms with Gasteiger partial charge in [-0.3, -0.25) is 9.69 Å². The molecule has 4 bridgehead atoms. The zero-order valence-electron chi connectivity index (χ0n) is 13.3. The van der Waals surface area contributed by atoms with Crippen LogP contribution in [0.25, 0.3) is 0 Å². The van der Waals surface area contributed by atoms with E-state index in [0.717, 1.165) is 36.9 Å². The number of piperidine rings is 1. The lowest BCUT2D eigenvalue weighted by Gasteiger charge is -2.34. The summed E-state index contributed by atoms with van der Waals surface area (Å²) in [6.07, 6.45) is 5.80. The van der Waals surface area contributed by atoms with Gasteiger partial charge >= 0.3 is 0 Å². The second kappa shape index (κ2) is 5.32. The molecule has 0 saturated carbocycles. The fourth-order valence-electron chi connectivity index (χ4n) is 4.79. The summed E-state index contributed by atoms with van der Waals surface area (Å²) < 4.78 is 0. The zero-order valence-corrected chi connectivity index (χ0v) is 13.3. The maximum absolute atomic E-state index is 10.8. The molecule has 1 aliphatic carbocycles. The van der Waals surface area contributed by atoms with Crippen molar-refractivity contribution in [3.63, 3.8) is 0 Å². The van der Waals surface area contributed by atoms with Gasteiger partial charge < -0.3 is 5.32 Å². The maximum atomic E-state index is 10.8. The number of carbonyl (C=O) groups excluding carboxylic acids is 1. The minimum absolute atomic E-state index is 0.509. The van der Waals surface area contributed by atoms with Crippen LogP contribution in [-0.4, -0.2) is 42.4 Å². The van der Waals surface area contributed by atoms with Gasteiger partial charge in [-0.15, -0.1) is 0 Å². The molecule has 1 unspecified atom stereocenters. The first-order valence-electron chi connectivity index (χ1n) is 8.48. The molecule has 7 atom stereocenters. The smallest absolute Gasteiger partial charge is 0.150 e. The molecule has 1 aromatic rings. The minimum Gasteiger partial charge on any atom is -0.317 e. The SMILES string of the molecule is CCNC[C@@H]1[C@H]2C=C[C@H]3[C@H]1N3[C@H]2[C@H](C)c1ccc(C=O)cc1.